The Balaban J connectivity index is 1.78. The summed E-state index contributed by atoms with van der Waals surface area (Å²) >= 11 is 1.69. The summed E-state index contributed by atoms with van der Waals surface area (Å²) in [6.45, 7) is 0.659. The zero-order chi connectivity index (χ0) is 13.8. The molecule has 2 N–H and O–H groups in total. The van der Waals surface area contributed by atoms with Gasteiger partial charge in [-0.25, -0.2) is 4.98 Å². The second-order valence-electron chi connectivity index (χ2n) is 4.16. The van der Waals surface area contributed by atoms with Crippen LogP contribution in [0, 0.1) is 0 Å². The summed E-state index contributed by atoms with van der Waals surface area (Å²) in [5.74, 6) is 0.591. The molecule has 0 atom stereocenters. The Bertz CT molecular complexity index is 678. The highest BCUT2D eigenvalue weighted by molar-refractivity contribution is 7.13. The minimum Gasteiger partial charge on any atom is -0.480 e. The van der Waals surface area contributed by atoms with Crippen LogP contribution in [0.4, 0.5) is 5.69 Å². The normalized spacial score (nSPS) is 10.4. The molecule has 0 saturated carbocycles. The molecule has 3 rings (SSSR count). The van der Waals surface area contributed by atoms with Crippen molar-refractivity contribution in [3.8, 4) is 16.5 Å². The van der Waals surface area contributed by atoms with Crippen LogP contribution in [0.3, 0.4) is 0 Å². The van der Waals surface area contributed by atoms with Crippen molar-refractivity contribution in [2.45, 2.75) is 6.54 Å². The van der Waals surface area contributed by atoms with Gasteiger partial charge in [0.2, 0.25) is 5.88 Å². The van der Waals surface area contributed by atoms with Crippen molar-refractivity contribution in [2.24, 2.45) is 0 Å². The summed E-state index contributed by atoms with van der Waals surface area (Å²) in [6.07, 6.45) is 3.55. The Kier molecular flexibility index (Phi) is 3.64. The van der Waals surface area contributed by atoms with E-state index >= 15 is 0 Å². The number of nitrogens with zero attached hydrogens (tertiary/aromatic N) is 2. The Morgan fingerprint density at radius 1 is 1.35 bits per heavy atom. The van der Waals surface area contributed by atoms with Gasteiger partial charge in [-0.3, -0.25) is 5.10 Å². The van der Waals surface area contributed by atoms with Gasteiger partial charge in [0, 0.05) is 18.3 Å². The molecule has 0 bridgehead atoms. The predicted octanol–water partition coefficient (Wildman–Crippen LogP) is 3.15. The van der Waals surface area contributed by atoms with Gasteiger partial charge in [0.15, 0.2) is 0 Å². The Morgan fingerprint density at radius 2 is 2.30 bits per heavy atom. The standard InChI is InChI=1S/C14H14N4OS/c1-19-14-11(4-2-6-15-14)16-8-10-9-17-18-13(10)12-5-3-7-20-12/h2-7,9,16H,8H2,1H3,(H,17,18). The van der Waals surface area contributed by atoms with Crippen LogP contribution >= 0.6 is 11.3 Å². The summed E-state index contributed by atoms with van der Waals surface area (Å²) in [4.78, 5) is 5.34. The summed E-state index contributed by atoms with van der Waals surface area (Å²) < 4.78 is 5.22. The molecule has 0 aliphatic heterocycles. The summed E-state index contributed by atoms with van der Waals surface area (Å²) in [7, 11) is 1.61. The Hall–Kier alpha value is -2.34. The molecule has 0 spiro atoms. The van der Waals surface area contributed by atoms with E-state index in [4.69, 9.17) is 4.74 Å². The van der Waals surface area contributed by atoms with Crippen LogP contribution in [0.1, 0.15) is 5.56 Å². The second-order valence-corrected chi connectivity index (χ2v) is 5.11. The average molecular weight is 286 g/mol. The van der Waals surface area contributed by atoms with Gasteiger partial charge in [0.05, 0.1) is 29.6 Å². The van der Waals surface area contributed by atoms with E-state index in [9.17, 15) is 0 Å². The summed E-state index contributed by atoms with van der Waals surface area (Å²) in [6, 6.07) is 7.92. The lowest BCUT2D eigenvalue weighted by Gasteiger charge is -2.09. The third-order valence-corrected chi connectivity index (χ3v) is 3.81. The van der Waals surface area contributed by atoms with Crippen molar-refractivity contribution >= 4 is 17.0 Å². The lowest BCUT2D eigenvalue weighted by atomic mass is 10.2. The molecule has 0 aromatic carbocycles. The fourth-order valence-electron chi connectivity index (χ4n) is 1.96. The van der Waals surface area contributed by atoms with E-state index in [1.807, 2.05) is 24.4 Å². The summed E-state index contributed by atoms with van der Waals surface area (Å²) in [5, 5.41) is 12.6. The minimum atomic E-state index is 0.591. The van der Waals surface area contributed by atoms with Crippen LogP contribution in [-0.2, 0) is 6.54 Å². The van der Waals surface area contributed by atoms with Gasteiger partial charge in [-0.05, 0) is 23.6 Å². The van der Waals surface area contributed by atoms with Crippen molar-refractivity contribution in [2.75, 3.05) is 12.4 Å². The first-order valence-corrected chi connectivity index (χ1v) is 7.05. The molecule has 3 heterocycles. The third kappa shape index (κ3) is 2.50. The van der Waals surface area contributed by atoms with Crippen LogP contribution in [0.5, 0.6) is 5.88 Å². The molecule has 0 saturated heterocycles. The first-order valence-electron chi connectivity index (χ1n) is 6.17. The quantitative estimate of drug-likeness (QED) is 0.756. The third-order valence-electron chi connectivity index (χ3n) is 2.92. The monoisotopic (exact) mass is 286 g/mol. The largest absolute Gasteiger partial charge is 0.480 e. The molecule has 3 aromatic rings. The Morgan fingerprint density at radius 3 is 3.10 bits per heavy atom. The van der Waals surface area contributed by atoms with Gasteiger partial charge in [-0.15, -0.1) is 11.3 Å². The van der Waals surface area contributed by atoms with E-state index in [1.165, 1.54) is 4.88 Å². The number of H-pyrrole nitrogens is 1. The first-order chi connectivity index (χ1) is 9.88. The lowest BCUT2D eigenvalue weighted by Crippen LogP contribution is -2.02. The number of ether oxygens (including phenoxy) is 1. The van der Waals surface area contributed by atoms with Crippen LogP contribution in [0.15, 0.2) is 42.0 Å². The number of thiophene rings is 1. The lowest BCUT2D eigenvalue weighted by molar-refractivity contribution is 0.399. The molecule has 0 aliphatic rings. The van der Waals surface area contributed by atoms with Gasteiger partial charge in [-0.1, -0.05) is 6.07 Å². The smallest absolute Gasteiger partial charge is 0.237 e. The number of anilines is 1. The van der Waals surface area contributed by atoms with Gasteiger partial charge in [0.1, 0.15) is 0 Å². The van der Waals surface area contributed by atoms with Gasteiger partial charge >= 0.3 is 0 Å². The van der Waals surface area contributed by atoms with E-state index in [0.717, 1.165) is 16.9 Å². The minimum absolute atomic E-state index is 0.591. The number of pyridine rings is 1. The van der Waals surface area contributed by atoms with Crippen LogP contribution < -0.4 is 10.1 Å². The molecule has 6 heteroatoms. The average Bonchev–Trinajstić information content (AvgIpc) is 3.15. The fraction of sp³-hybridized carbons (Fsp3) is 0.143. The molecule has 0 aliphatic carbocycles. The zero-order valence-electron chi connectivity index (χ0n) is 11.0. The van der Waals surface area contributed by atoms with Crippen LogP contribution in [0.2, 0.25) is 0 Å². The van der Waals surface area contributed by atoms with Crippen LogP contribution in [-0.4, -0.2) is 22.3 Å². The number of rotatable bonds is 5. The van der Waals surface area contributed by atoms with E-state index in [2.05, 4.69) is 31.9 Å². The number of hydrogen-bond donors (Lipinski definition) is 2. The highest BCUT2D eigenvalue weighted by Crippen LogP contribution is 2.27. The van der Waals surface area contributed by atoms with E-state index < -0.39 is 0 Å². The highest BCUT2D eigenvalue weighted by Gasteiger charge is 2.09. The Labute approximate surface area is 120 Å². The zero-order valence-corrected chi connectivity index (χ0v) is 11.8. The van der Waals surface area contributed by atoms with E-state index in [-0.39, 0.29) is 0 Å². The maximum absolute atomic E-state index is 5.22. The molecular formula is C14H14N4OS. The number of nitrogens with one attached hydrogen (secondary N) is 2. The van der Waals surface area contributed by atoms with Crippen molar-refractivity contribution in [3.63, 3.8) is 0 Å². The fourth-order valence-corrected chi connectivity index (χ4v) is 2.71. The predicted molar refractivity (Wildman–Crippen MR) is 80.0 cm³/mol. The topological polar surface area (TPSA) is 62.8 Å². The van der Waals surface area contributed by atoms with Crippen molar-refractivity contribution in [1.29, 1.82) is 0 Å². The van der Waals surface area contributed by atoms with E-state index in [1.54, 1.807) is 24.6 Å². The number of aromatic amines is 1. The molecule has 5 nitrogen and oxygen atoms in total. The molecular weight excluding hydrogens is 272 g/mol. The van der Waals surface area contributed by atoms with Crippen LogP contribution in [0.25, 0.3) is 10.6 Å². The first kappa shape index (κ1) is 12.7. The molecule has 20 heavy (non-hydrogen) atoms. The van der Waals surface area contributed by atoms with Crippen molar-refractivity contribution in [3.05, 3.63) is 47.6 Å². The van der Waals surface area contributed by atoms with Gasteiger partial charge in [0.25, 0.3) is 0 Å². The molecule has 0 unspecified atom stereocenters. The second kappa shape index (κ2) is 5.75. The molecule has 0 fully saturated rings. The maximum atomic E-state index is 5.22. The number of aromatic nitrogens is 3. The maximum Gasteiger partial charge on any atom is 0.237 e. The van der Waals surface area contributed by atoms with Crippen molar-refractivity contribution in [1.82, 2.24) is 15.2 Å². The van der Waals surface area contributed by atoms with Gasteiger partial charge < -0.3 is 10.1 Å². The molecule has 0 amide bonds. The van der Waals surface area contributed by atoms with E-state index in [0.29, 0.717) is 12.4 Å². The van der Waals surface area contributed by atoms with Crippen molar-refractivity contribution < 1.29 is 4.74 Å². The molecule has 102 valence electrons. The molecule has 3 aromatic heterocycles. The molecule has 0 radical (unpaired) electrons. The number of hydrogen-bond acceptors (Lipinski definition) is 5. The van der Waals surface area contributed by atoms with Gasteiger partial charge in [-0.2, -0.15) is 5.10 Å². The SMILES string of the molecule is COc1ncccc1NCc1cn[nH]c1-c1cccs1. The number of methoxy groups -OCH3 is 1. The highest BCUT2D eigenvalue weighted by atomic mass is 32.1. The summed E-state index contributed by atoms with van der Waals surface area (Å²) in [5.41, 5.74) is 3.03.